The lowest BCUT2D eigenvalue weighted by atomic mass is 10.3. The van der Waals surface area contributed by atoms with Crippen LogP contribution in [0.15, 0.2) is 5.38 Å². The third kappa shape index (κ3) is 2.41. The van der Waals surface area contributed by atoms with Crippen LogP contribution < -0.4 is 0 Å². The molecule has 1 fully saturated rings. The second-order valence-corrected chi connectivity index (χ2v) is 4.61. The molecule has 5 heteroatoms. The molecule has 4 nitrogen and oxygen atoms in total. The number of Topliss-reactive ketones (excluding diaryl/α,β-unsaturated/α-hetero) is 1. The van der Waals surface area contributed by atoms with Gasteiger partial charge in [-0.05, 0) is 6.92 Å². The van der Waals surface area contributed by atoms with Crippen LogP contribution in [0.5, 0.6) is 0 Å². The van der Waals surface area contributed by atoms with Crippen LogP contribution in [0.4, 0.5) is 0 Å². The van der Waals surface area contributed by atoms with Crippen LogP contribution in [0.25, 0.3) is 0 Å². The van der Waals surface area contributed by atoms with Crippen LogP contribution in [0, 0.1) is 6.92 Å². The van der Waals surface area contributed by atoms with E-state index in [0.717, 1.165) is 17.1 Å². The molecule has 1 saturated heterocycles. The van der Waals surface area contributed by atoms with Gasteiger partial charge in [-0.1, -0.05) is 0 Å². The minimum Gasteiger partial charge on any atom is -0.335 e. The maximum Gasteiger partial charge on any atom is 0.230 e. The number of ketones is 1. The van der Waals surface area contributed by atoms with Crippen LogP contribution in [0.1, 0.15) is 17.1 Å². The predicted molar refractivity (Wildman–Crippen MR) is 56.8 cm³/mol. The number of carbonyl (C=O) groups excluding carboxylic acids is 2. The molecule has 0 spiro atoms. The van der Waals surface area contributed by atoms with Crippen molar-refractivity contribution in [1.82, 2.24) is 9.88 Å². The van der Waals surface area contributed by atoms with E-state index in [1.54, 1.807) is 16.2 Å². The third-order valence-electron chi connectivity index (χ3n) is 2.33. The highest BCUT2D eigenvalue weighted by molar-refractivity contribution is 7.09. The number of carbonyl (C=O) groups is 2. The van der Waals surface area contributed by atoms with Gasteiger partial charge in [-0.3, -0.25) is 9.59 Å². The van der Waals surface area contributed by atoms with E-state index in [2.05, 4.69) is 4.98 Å². The van der Waals surface area contributed by atoms with E-state index in [1.165, 1.54) is 0 Å². The Labute approximate surface area is 91.9 Å². The summed E-state index contributed by atoms with van der Waals surface area (Å²) < 4.78 is 0. The van der Waals surface area contributed by atoms with Crippen molar-refractivity contribution in [3.63, 3.8) is 0 Å². The fraction of sp³-hybridized carbons (Fsp3) is 0.500. The Balaban J connectivity index is 1.88. The molecule has 0 atom stereocenters. The summed E-state index contributed by atoms with van der Waals surface area (Å²) in [6, 6.07) is 0. The largest absolute Gasteiger partial charge is 0.335 e. The average Bonchev–Trinajstić information content (AvgIpc) is 2.70. The first-order chi connectivity index (χ1) is 7.15. The van der Waals surface area contributed by atoms with Crippen molar-refractivity contribution in [3.05, 3.63) is 16.1 Å². The number of aromatic nitrogens is 1. The van der Waals surface area contributed by atoms with Gasteiger partial charge in [-0.25, -0.2) is 4.98 Å². The smallest absolute Gasteiger partial charge is 0.230 e. The first-order valence-corrected chi connectivity index (χ1v) is 5.73. The Bertz CT molecular complexity index is 400. The van der Waals surface area contributed by atoms with E-state index in [0.29, 0.717) is 6.54 Å². The summed E-state index contributed by atoms with van der Waals surface area (Å²) in [6.07, 6.45) is 0.828. The number of hydrogen-bond acceptors (Lipinski definition) is 4. The van der Waals surface area contributed by atoms with Gasteiger partial charge in [0.05, 0.1) is 18.0 Å². The Hall–Kier alpha value is -1.23. The van der Waals surface area contributed by atoms with Crippen molar-refractivity contribution in [2.75, 3.05) is 13.1 Å². The zero-order chi connectivity index (χ0) is 10.8. The molecule has 1 aliphatic heterocycles. The van der Waals surface area contributed by atoms with Crippen LogP contribution in [-0.4, -0.2) is 34.7 Å². The van der Waals surface area contributed by atoms with Crippen LogP contribution in [0.2, 0.25) is 0 Å². The van der Waals surface area contributed by atoms with Gasteiger partial charge in [-0.15, -0.1) is 11.3 Å². The van der Waals surface area contributed by atoms with Crippen molar-refractivity contribution in [1.29, 1.82) is 0 Å². The predicted octanol–water partition coefficient (Wildman–Crippen LogP) is 0.795. The second-order valence-electron chi connectivity index (χ2n) is 3.66. The topological polar surface area (TPSA) is 50.3 Å². The lowest BCUT2D eigenvalue weighted by molar-refractivity contribution is -0.127. The molecule has 1 aliphatic rings. The molecule has 0 unspecified atom stereocenters. The fourth-order valence-electron chi connectivity index (χ4n) is 1.59. The maximum absolute atomic E-state index is 11.3. The third-order valence-corrected chi connectivity index (χ3v) is 3.36. The Morgan fingerprint density at radius 3 is 2.87 bits per heavy atom. The minimum absolute atomic E-state index is 0.0234. The van der Waals surface area contributed by atoms with Gasteiger partial charge in [0.15, 0.2) is 5.78 Å². The normalized spacial score (nSPS) is 16.5. The number of rotatable bonds is 3. The Kier molecular flexibility index (Phi) is 2.81. The molecule has 0 N–H and O–H groups in total. The zero-order valence-corrected chi connectivity index (χ0v) is 9.34. The fourth-order valence-corrected chi connectivity index (χ4v) is 2.35. The molecule has 0 aliphatic carbocycles. The SMILES string of the molecule is Cc1csc(CCN2CC(=O)CC2=O)n1. The molecule has 2 heterocycles. The Morgan fingerprint density at radius 2 is 2.33 bits per heavy atom. The number of nitrogens with zero attached hydrogens (tertiary/aromatic N) is 2. The van der Waals surface area contributed by atoms with E-state index < -0.39 is 0 Å². The number of thiazole rings is 1. The van der Waals surface area contributed by atoms with Gasteiger partial charge < -0.3 is 4.90 Å². The molecular weight excluding hydrogens is 212 g/mol. The van der Waals surface area contributed by atoms with Gasteiger partial charge >= 0.3 is 0 Å². The summed E-state index contributed by atoms with van der Waals surface area (Å²) >= 11 is 1.60. The second kappa shape index (κ2) is 4.10. The highest BCUT2D eigenvalue weighted by Crippen LogP contribution is 2.12. The molecule has 1 aromatic heterocycles. The summed E-state index contributed by atoms with van der Waals surface area (Å²) in [4.78, 5) is 28.2. The molecule has 80 valence electrons. The molecule has 0 saturated carbocycles. The van der Waals surface area contributed by atoms with Crippen molar-refractivity contribution in [3.8, 4) is 0 Å². The summed E-state index contributed by atoms with van der Waals surface area (Å²) in [5.74, 6) is -0.0244. The van der Waals surface area contributed by atoms with Crippen molar-refractivity contribution >= 4 is 23.0 Å². The number of aryl methyl sites for hydroxylation is 1. The molecule has 1 aromatic rings. The van der Waals surface area contributed by atoms with Crippen molar-refractivity contribution < 1.29 is 9.59 Å². The number of amides is 1. The summed E-state index contributed by atoms with van der Waals surface area (Å²) in [7, 11) is 0. The van der Waals surface area contributed by atoms with E-state index >= 15 is 0 Å². The van der Waals surface area contributed by atoms with Gasteiger partial charge in [0.2, 0.25) is 5.91 Å². The van der Waals surface area contributed by atoms with Gasteiger partial charge in [0, 0.05) is 24.0 Å². The standard InChI is InChI=1S/C10H12N2O2S/c1-7-6-15-9(11-7)2-3-12-5-8(13)4-10(12)14/h6H,2-5H2,1H3. The molecule has 15 heavy (non-hydrogen) atoms. The van der Waals surface area contributed by atoms with E-state index in [4.69, 9.17) is 0 Å². The number of hydrogen-bond donors (Lipinski definition) is 0. The van der Waals surface area contributed by atoms with Gasteiger partial charge in [0.1, 0.15) is 0 Å². The van der Waals surface area contributed by atoms with Crippen LogP contribution in [0.3, 0.4) is 0 Å². The van der Waals surface area contributed by atoms with E-state index in [-0.39, 0.29) is 24.7 Å². The van der Waals surface area contributed by atoms with Gasteiger partial charge in [0.25, 0.3) is 0 Å². The monoisotopic (exact) mass is 224 g/mol. The van der Waals surface area contributed by atoms with Crippen LogP contribution in [-0.2, 0) is 16.0 Å². The van der Waals surface area contributed by atoms with Crippen molar-refractivity contribution in [2.24, 2.45) is 0 Å². The highest BCUT2D eigenvalue weighted by atomic mass is 32.1. The first kappa shape index (κ1) is 10.3. The van der Waals surface area contributed by atoms with E-state index in [9.17, 15) is 9.59 Å². The van der Waals surface area contributed by atoms with Crippen LogP contribution >= 0.6 is 11.3 Å². The van der Waals surface area contributed by atoms with Crippen molar-refractivity contribution in [2.45, 2.75) is 19.8 Å². The molecule has 0 radical (unpaired) electrons. The molecule has 0 aromatic carbocycles. The Morgan fingerprint density at radius 1 is 1.53 bits per heavy atom. The molecule has 2 rings (SSSR count). The molecule has 1 amide bonds. The number of likely N-dealkylation sites (tertiary alicyclic amines) is 1. The quantitative estimate of drug-likeness (QED) is 0.713. The first-order valence-electron chi connectivity index (χ1n) is 4.85. The average molecular weight is 224 g/mol. The zero-order valence-electron chi connectivity index (χ0n) is 8.52. The van der Waals surface area contributed by atoms with E-state index in [1.807, 2.05) is 12.3 Å². The summed E-state index contributed by atoms with van der Waals surface area (Å²) in [6.45, 7) is 2.84. The molecule has 0 bridgehead atoms. The minimum atomic E-state index is -0.0479. The maximum atomic E-state index is 11.3. The summed E-state index contributed by atoms with van der Waals surface area (Å²) in [5, 5.41) is 3.02. The lowest BCUT2D eigenvalue weighted by Gasteiger charge is -2.12. The van der Waals surface area contributed by atoms with Gasteiger partial charge in [-0.2, -0.15) is 0 Å². The summed E-state index contributed by atoms with van der Waals surface area (Å²) in [5.41, 5.74) is 1.01. The highest BCUT2D eigenvalue weighted by Gasteiger charge is 2.26. The lowest BCUT2D eigenvalue weighted by Crippen LogP contribution is -2.27. The molecular formula is C10H12N2O2S.